The maximum atomic E-state index is 12.1. The van der Waals surface area contributed by atoms with Crippen LogP contribution in [0.4, 0.5) is 0 Å². The Bertz CT molecular complexity index is 410. The highest BCUT2D eigenvalue weighted by Crippen LogP contribution is 2.15. The highest BCUT2D eigenvalue weighted by atomic mass is 16.5. The van der Waals surface area contributed by atoms with Gasteiger partial charge < -0.3 is 14.7 Å². The van der Waals surface area contributed by atoms with E-state index in [1.807, 2.05) is 38.1 Å². The molecule has 0 heterocycles. The van der Waals surface area contributed by atoms with Crippen molar-refractivity contribution in [2.24, 2.45) is 0 Å². The molecule has 20 heavy (non-hydrogen) atoms. The third kappa shape index (κ3) is 4.85. The van der Waals surface area contributed by atoms with E-state index in [1.165, 1.54) is 0 Å². The third-order valence-electron chi connectivity index (χ3n) is 3.19. The van der Waals surface area contributed by atoms with Crippen molar-refractivity contribution < 1.29 is 14.6 Å². The zero-order chi connectivity index (χ0) is 15.1. The van der Waals surface area contributed by atoms with E-state index in [4.69, 9.17) is 4.74 Å². The van der Waals surface area contributed by atoms with E-state index >= 15 is 0 Å². The van der Waals surface area contributed by atoms with Crippen molar-refractivity contribution in [3.63, 3.8) is 0 Å². The molecule has 0 spiro atoms. The van der Waals surface area contributed by atoms with E-state index in [2.05, 4.69) is 0 Å². The van der Waals surface area contributed by atoms with Gasteiger partial charge in [-0.2, -0.15) is 0 Å². The lowest BCUT2D eigenvalue weighted by Gasteiger charge is -2.23. The van der Waals surface area contributed by atoms with Crippen molar-refractivity contribution in [1.82, 2.24) is 4.90 Å². The minimum atomic E-state index is -0.488. The van der Waals surface area contributed by atoms with Crippen LogP contribution in [-0.4, -0.2) is 41.2 Å². The van der Waals surface area contributed by atoms with Gasteiger partial charge in [0.25, 0.3) is 5.91 Å². The van der Waals surface area contributed by atoms with Gasteiger partial charge >= 0.3 is 0 Å². The van der Waals surface area contributed by atoms with E-state index in [9.17, 15) is 9.90 Å². The Morgan fingerprint density at radius 1 is 1.20 bits per heavy atom. The number of rotatable bonds is 7. The molecule has 1 aromatic carbocycles. The molecule has 112 valence electrons. The molecule has 4 nitrogen and oxygen atoms in total. The molecule has 1 N–H and O–H groups in total. The SMILES string of the molecule is CCN(CC)C(=O)C(C)Oc1ccc(CC(C)O)cc1. The topological polar surface area (TPSA) is 49.8 Å². The summed E-state index contributed by atoms with van der Waals surface area (Å²) in [5.41, 5.74) is 1.05. The first-order valence-corrected chi connectivity index (χ1v) is 7.20. The zero-order valence-electron chi connectivity index (χ0n) is 12.8. The number of nitrogens with zero attached hydrogens (tertiary/aromatic N) is 1. The molecular formula is C16H25NO3. The molecule has 0 aliphatic heterocycles. The Morgan fingerprint density at radius 3 is 2.20 bits per heavy atom. The van der Waals surface area contributed by atoms with Crippen LogP contribution in [0, 0.1) is 0 Å². The van der Waals surface area contributed by atoms with Crippen molar-refractivity contribution in [3.8, 4) is 5.75 Å². The lowest BCUT2D eigenvalue weighted by atomic mass is 10.1. The molecule has 0 aliphatic rings. The minimum Gasteiger partial charge on any atom is -0.481 e. The molecule has 1 amide bonds. The van der Waals surface area contributed by atoms with Gasteiger partial charge in [-0.1, -0.05) is 12.1 Å². The highest BCUT2D eigenvalue weighted by molar-refractivity contribution is 5.80. The summed E-state index contributed by atoms with van der Waals surface area (Å²) in [6.45, 7) is 8.82. The molecule has 2 atom stereocenters. The third-order valence-corrected chi connectivity index (χ3v) is 3.19. The van der Waals surface area contributed by atoms with Crippen molar-refractivity contribution in [3.05, 3.63) is 29.8 Å². The average molecular weight is 279 g/mol. The van der Waals surface area contributed by atoms with Gasteiger partial charge in [-0.15, -0.1) is 0 Å². The van der Waals surface area contributed by atoms with E-state index in [1.54, 1.807) is 18.7 Å². The number of ether oxygens (including phenoxy) is 1. The number of carbonyl (C=O) groups excluding carboxylic acids is 1. The number of aliphatic hydroxyl groups excluding tert-OH is 1. The first-order valence-electron chi connectivity index (χ1n) is 7.20. The van der Waals surface area contributed by atoms with Crippen molar-refractivity contribution in [2.45, 2.75) is 46.3 Å². The predicted molar refractivity (Wildman–Crippen MR) is 79.8 cm³/mol. The molecule has 0 aromatic heterocycles. The van der Waals surface area contributed by atoms with Crippen LogP contribution in [-0.2, 0) is 11.2 Å². The first kappa shape index (κ1) is 16.5. The van der Waals surface area contributed by atoms with Crippen LogP contribution < -0.4 is 4.74 Å². The summed E-state index contributed by atoms with van der Waals surface area (Å²) in [4.78, 5) is 13.8. The van der Waals surface area contributed by atoms with Gasteiger partial charge in [0.05, 0.1) is 6.10 Å². The predicted octanol–water partition coefficient (Wildman–Crippen LogP) is 2.25. The largest absolute Gasteiger partial charge is 0.481 e. The Labute approximate surface area is 121 Å². The summed E-state index contributed by atoms with van der Waals surface area (Å²) in [5.74, 6) is 0.676. The lowest BCUT2D eigenvalue weighted by molar-refractivity contribution is -0.137. The second kappa shape index (κ2) is 7.90. The number of hydrogen-bond acceptors (Lipinski definition) is 3. The molecule has 4 heteroatoms. The van der Waals surface area contributed by atoms with Crippen LogP contribution in [0.1, 0.15) is 33.3 Å². The van der Waals surface area contributed by atoms with E-state index in [-0.39, 0.29) is 12.0 Å². The Morgan fingerprint density at radius 2 is 1.75 bits per heavy atom. The summed E-state index contributed by atoms with van der Waals surface area (Å²) >= 11 is 0. The van der Waals surface area contributed by atoms with Crippen LogP contribution in [0.15, 0.2) is 24.3 Å². The summed E-state index contributed by atoms with van der Waals surface area (Å²) < 4.78 is 5.67. The smallest absolute Gasteiger partial charge is 0.263 e. The average Bonchev–Trinajstić information content (AvgIpc) is 2.41. The van der Waals surface area contributed by atoms with Gasteiger partial charge in [0.2, 0.25) is 0 Å². The number of likely N-dealkylation sites (N-methyl/N-ethyl adjacent to an activating group) is 1. The zero-order valence-corrected chi connectivity index (χ0v) is 12.8. The second-order valence-corrected chi connectivity index (χ2v) is 4.97. The minimum absolute atomic E-state index is 0.00283. The van der Waals surface area contributed by atoms with Crippen LogP contribution in [0.25, 0.3) is 0 Å². The molecule has 1 aromatic rings. The van der Waals surface area contributed by atoms with Gasteiger partial charge in [0.15, 0.2) is 6.10 Å². The van der Waals surface area contributed by atoms with Gasteiger partial charge in [0.1, 0.15) is 5.75 Å². The Kier molecular flexibility index (Phi) is 6.52. The maximum absolute atomic E-state index is 12.1. The normalized spacial score (nSPS) is 13.7. The Hall–Kier alpha value is -1.55. The molecule has 0 aliphatic carbocycles. The first-order chi connectivity index (χ1) is 9.47. The van der Waals surface area contributed by atoms with Crippen LogP contribution in [0.5, 0.6) is 5.75 Å². The number of benzene rings is 1. The van der Waals surface area contributed by atoms with Crippen LogP contribution in [0.2, 0.25) is 0 Å². The fourth-order valence-corrected chi connectivity index (χ4v) is 2.09. The Balaban J connectivity index is 2.61. The molecule has 2 unspecified atom stereocenters. The summed E-state index contributed by atoms with van der Waals surface area (Å²) in [6, 6.07) is 7.50. The molecule has 0 bridgehead atoms. The van der Waals surface area contributed by atoms with Crippen molar-refractivity contribution >= 4 is 5.91 Å². The van der Waals surface area contributed by atoms with E-state index in [0.717, 1.165) is 5.56 Å². The standard InChI is InChI=1S/C16H25NO3/c1-5-17(6-2)16(19)13(4)20-15-9-7-14(8-10-15)11-12(3)18/h7-10,12-13,18H,5-6,11H2,1-4H3. The van der Waals surface area contributed by atoms with Crippen molar-refractivity contribution in [1.29, 1.82) is 0 Å². The van der Waals surface area contributed by atoms with Gasteiger partial charge in [-0.05, 0) is 51.8 Å². The monoisotopic (exact) mass is 279 g/mol. The highest BCUT2D eigenvalue weighted by Gasteiger charge is 2.19. The lowest BCUT2D eigenvalue weighted by Crippen LogP contribution is -2.40. The van der Waals surface area contributed by atoms with Crippen molar-refractivity contribution in [2.75, 3.05) is 13.1 Å². The van der Waals surface area contributed by atoms with Gasteiger partial charge in [-0.3, -0.25) is 4.79 Å². The molecule has 0 saturated heterocycles. The number of amides is 1. The van der Waals surface area contributed by atoms with E-state index < -0.39 is 6.10 Å². The van der Waals surface area contributed by atoms with Crippen LogP contribution >= 0.6 is 0 Å². The van der Waals surface area contributed by atoms with Crippen LogP contribution in [0.3, 0.4) is 0 Å². The summed E-state index contributed by atoms with van der Waals surface area (Å²) in [7, 11) is 0. The van der Waals surface area contributed by atoms with Gasteiger partial charge in [0, 0.05) is 13.1 Å². The quantitative estimate of drug-likeness (QED) is 0.833. The van der Waals surface area contributed by atoms with Gasteiger partial charge in [-0.25, -0.2) is 0 Å². The number of aliphatic hydroxyl groups is 1. The summed E-state index contributed by atoms with van der Waals surface area (Å²) in [5, 5.41) is 9.33. The number of carbonyl (C=O) groups is 1. The second-order valence-electron chi connectivity index (χ2n) is 4.97. The fourth-order valence-electron chi connectivity index (χ4n) is 2.09. The fraction of sp³-hybridized carbons (Fsp3) is 0.562. The molecule has 0 fully saturated rings. The van der Waals surface area contributed by atoms with E-state index in [0.29, 0.717) is 25.3 Å². The molecule has 1 rings (SSSR count). The molecular weight excluding hydrogens is 254 g/mol. The molecule has 0 radical (unpaired) electrons. The number of hydrogen-bond donors (Lipinski definition) is 1. The molecule has 0 saturated carbocycles. The maximum Gasteiger partial charge on any atom is 0.263 e. The summed E-state index contributed by atoms with van der Waals surface area (Å²) in [6.07, 6.45) is -0.226.